The number of hydrogen-bond donors (Lipinski definition) is 1. The van der Waals surface area contributed by atoms with Crippen LogP contribution in [0.15, 0.2) is 42.5 Å². The molecule has 122 valence electrons. The lowest BCUT2D eigenvalue weighted by Crippen LogP contribution is -2.07. The highest BCUT2D eigenvalue weighted by Crippen LogP contribution is 2.24. The molecule has 0 aliphatic carbocycles. The van der Waals surface area contributed by atoms with Crippen LogP contribution in [0.25, 0.3) is 11.3 Å². The summed E-state index contributed by atoms with van der Waals surface area (Å²) in [6.45, 7) is 6.57. The van der Waals surface area contributed by atoms with E-state index in [0.29, 0.717) is 12.2 Å². The molecule has 1 N–H and O–H groups in total. The van der Waals surface area contributed by atoms with Gasteiger partial charge in [0.05, 0.1) is 6.54 Å². The zero-order valence-electron chi connectivity index (χ0n) is 13.9. The van der Waals surface area contributed by atoms with E-state index in [0.717, 1.165) is 22.3 Å². The lowest BCUT2D eigenvalue weighted by atomic mass is 10.0. The zero-order valence-corrected chi connectivity index (χ0v) is 13.9. The summed E-state index contributed by atoms with van der Waals surface area (Å²) in [5.41, 5.74) is 5.86. The molecule has 3 aromatic rings. The summed E-state index contributed by atoms with van der Waals surface area (Å²) in [6.07, 6.45) is 0. The molecule has 0 aliphatic heterocycles. The second-order valence-electron chi connectivity index (χ2n) is 6.05. The molecule has 1 aromatic heterocycles. The van der Waals surface area contributed by atoms with Gasteiger partial charge in [0.15, 0.2) is 5.69 Å². The fraction of sp³-hybridized carbons (Fsp3) is 0.211. The number of aromatic nitrogens is 3. The SMILES string of the molecule is Cc1ccc(-c2c(C(=O)O)nnn2Cc2ccc(C)cc2C)cc1. The van der Waals surface area contributed by atoms with E-state index in [4.69, 9.17) is 0 Å². The number of aryl methyl sites for hydroxylation is 3. The van der Waals surface area contributed by atoms with Crippen LogP contribution in [0.4, 0.5) is 0 Å². The van der Waals surface area contributed by atoms with Crippen LogP contribution in [-0.2, 0) is 6.54 Å². The van der Waals surface area contributed by atoms with Crippen molar-refractivity contribution in [1.82, 2.24) is 15.0 Å². The number of aromatic carboxylic acids is 1. The monoisotopic (exact) mass is 321 g/mol. The average molecular weight is 321 g/mol. The van der Waals surface area contributed by atoms with Crippen LogP contribution >= 0.6 is 0 Å². The molecule has 3 rings (SSSR count). The van der Waals surface area contributed by atoms with Gasteiger partial charge in [-0.15, -0.1) is 5.10 Å². The summed E-state index contributed by atoms with van der Waals surface area (Å²) >= 11 is 0. The molecule has 1 heterocycles. The molecule has 0 aliphatic rings. The topological polar surface area (TPSA) is 68.0 Å². The number of carboxylic acid groups (broad SMARTS) is 1. The van der Waals surface area contributed by atoms with Crippen LogP contribution in [0.2, 0.25) is 0 Å². The molecule has 24 heavy (non-hydrogen) atoms. The third-order valence-electron chi connectivity index (χ3n) is 4.08. The molecule has 5 nitrogen and oxygen atoms in total. The van der Waals surface area contributed by atoms with E-state index in [2.05, 4.69) is 16.4 Å². The Kier molecular flexibility index (Phi) is 4.16. The maximum atomic E-state index is 11.5. The second-order valence-corrected chi connectivity index (χ2v) is 6.05. The smallest absolute Gasteiger partial charge is 0.358 e. The van der Waals surface area contributed by atoms with Gasteiger partial charge in [-0.25, -0.2) is 9.48 Å². The molecule has 0 radical (unpaired) electrons. The Hall–Kier alpha value is -2.95. The predicted molar refractivity (Wildman–Crippen MR) is 92.2 cm³/mol. The van der Waals surface area contributed by atoms with Crippen LogP contribution in [-0.4, -0.2) is 26.1 Å². The first-order chi connectivity index (χ1) is 11.5. The predicted octanol–water partition coefficient (Wildman–Crippen LogP) is 3.62. The van der Waals surface area contributed by atoms with Crippen LogP contribution in [0.1, 0.15) is 32.7 Å². The van der Waals surface area contributed by atoms with E-state index in [1.807, 2.05) is 57.2 Å². The van der Waals surface area contributed by atoms with E-state index >= 15 is 0 Å². The van der Waals surface area contributed by atoms with Crippen molar-refractivity contribution in [2.24, 2.45) is 0 Å². The summed E-state index contributed by atoms with van der Waals surface area (Å²) in [7, 11) is 0. The van der Waals surface area contributed by atoms with Gasteiger partial charge in [-0.2, -0.15) is 0 Å². The number of benzene rings is 2. The van der Waals surface area contributed by atoms with Gasteiger partial charge in [0.25, 0.3) is 0 Å². The Morgan fingerprint density at radius 2 is 1.71 bits per heavy atom. The third-order valence-corrected chi connectivity index (χ3v) is 4.08. The van der Waals surface area contributed by atoms with Gasteiger partial charge in [0, 0.05) is 5.56 Å². The van der Waals surface area contributed by atoms with Gasteiger partial charge in [0.1, 0.15) is 5.69 Å². The highest BCUT2D eigenvalue weighted by atomic mass is 16.4. The average Bonchev–Trinajstić information content (AvgIpc) is 2.95. The van der Waals surface area contributed by atoms with Crippen molar-refractivity contribution in [3.8, 4) is 11.3 Å². The Bertz CT molecular complexity index is 895. The van der Waals surface area contributed by atoms with Gasteiger partial charge in [-0.1, -0.05) is 58.8 Å². The van der Waals surface area contributed by atoms with Crippen LogP contribution in [0, 0.1) is 20.8 Å². The molecule has 0 saturated carbocycles. The third kappa shape index (κ3) is 3.06. The largest absolute Gasteiger partial charge is 0.476 e. The molecule has 0 spiro atoms. The lowest BCUT2D eigenvalue weighted by Gasteiger charge is -2.10. The number of nitrogens with zero attached hydrogens (tertiary/aromatic N) is 3. The first-order valence-electron chi connectivity index (χ1n) is 7.75. The number of carboxylic acids is 1. The van der Waals surface area contributed by atoms with Crippen molar-refractivity contribution in [1.29, 1.82) is 0 Å². The van der Waals surface area contributed by atoms with Crippen molar-refractivity contribution in [2.45, 2.75) is 27.3 Å². The van der Waals surface area contributed by atoms with Gasteiger partial charge >= 0.3 is 5.97 Å². The van der Waals surface area contributed by atoms with Crippen molar-refractivity contribution >= 4 is 5.97 Å². The molecule has 0 atom stereocenters. The van der Waals surface area contributed by atoms with Crippen molar-refractivity contribution in [2.75, 3.05) is 0 Å². The molecule has 0 bridgehead atoms. The molecule has 0 unspecified atom stereocenters. The fourth-order valence-corrected chi connectivity index (χ4v) is 2.75. The Morgan fingerprint density at radius 1 is 1.04 bits per heavy atom. The molecule has 5 heteroatoms. The summed E-state index contributed by atoms with van der Waals surface area (Å²) in [4.78, 5) is 11.5. The van der Waals surface area contributed by atoms with E-state index in [9.17, 15) is 9.90 Å². The second kappa shape index (κ2) is 6.28. The van der Waals surface area contributed by atoms with E-state index in [-0.39, 0.29) is 5.69 Å². The van der Waals surface area contributed by atoms with Gasteiger partial charge in [-0.3, -0.25) is 0 Å². The van der Waals surface area contributed by atoms with Gasteiger partial charge in [0.2, 0.25) is 0 Å². The van der Waals surface area contributed by atoms with Crippen LogP contribution in [0.3, 0.4) is 0 Å². The molecular weight excluding hydrogens is 302 g/mol. The van der Waals surface area contributed by atoms with E-state index in [1.165, 1.54) is 5.56 Å². The van der Waals surface area contributed by atoms with Crippen molar-refractivity contribution in [3.05, 3.63) is 70.4 Å². The normalized spacial score (nSPS) is 10.8. The highest BCUT2D eigenvalue weighted by Gasteiger charge is 2.21. The molecule has 0 amide bonds. The highest BCUT2D eigenvalue weighted by molar-refractivity contribution is 5.92. The van der Waals surface area contributed by atoms with Gasteiger partial charge < -0.3 is 5.11 Å². The molecular formula is C19H19N3O2. The number of carbonyl (C=O) groups is 1. The quantitative estimate of drug-likeness (QED) is 0.797. The van der Waals surface area contributed by atoms with Crippen LogP contribution in [0.5, 0.6) is 0 Å². The maximum Gasteiger partial charge on any atom is 0.358 e. The minimum Gasteiger partial charge on any atom is -0.476 e. The first-order valence-corrected chi connectivity index (χ1v) is 7.75. The standard InChI is InChI=1S/C19H19N3O2/c1-12-4-7-15(8-5-12)18-17(19(23)24)20-21-22(18)11-16-9-6-13(2)10-14(16)3/h4-10H,11H2,1-3H3,(H,23,24). The Balaban J connectivity index is 2.08. The van der Waals surface area contributed by atoms with Crippen molar-refractivity contribution < 1.29 is 9.90 Å². The fourth-order valence-electron chi connectivity index (χ4n) is 2.75. The Labute approximate surface area is 140 Å². The summed E-state index contributed by atoms with van der Waals surface area (Å²) in [5, 5.41) is 17.4. The number of hydrogen-bond acceptors (Lipinski definition) is 3. The van der Waals surface area contributed by atoms with E-state index < -0.39 is 5.97 Å². The molecule has 0 fully saturated rings. The summed E-state index contributed by atoms with van der Waals surface area (Å²) in [5.74, 6) is -1.07. The minimum absolute atomic E-state index is 0.0244. The Morgan fingerprint density at radius 3 is 2.33 bits per heavy atom. The van der Waals surface area contributed by atoms with E-state index in [1.54, 1.807) is 4.68 Å². The summed E-state index contributed by atoms with van der Waals surface area (Å²) < 4.78 is 1.66. The van der Waals surface area contributed by atoms with Crippen molar-refractivity contribution in [3.63, 3.8) is 0 Å². The minimum atomic E-state index is -1.07. The molecule has 2 aromatic carbocycles. The van der Waals surface area contributed by atoms with Crippen LogP contribution < -0.4 is 0 Å². The lowest BCUT2D eigenvalue weighted by molar-refractivity contribution is 0.0691. The van der Waals surface area contributed by atoms with Gasteiger partial charge in [-0.05, 0) is 31.9 Å². The first kappa shape index (κ1) is 15.9. The number of rotatable bonds is 4. The summed E-state index contributed by atoms with van der Waals surface area (Å²) in [6, 6.07) is 13.9. The maximum absolute atomic E-state index is 11.5. The molecule has 0 saturated heterocycles. The zero-order chi connectivity index (χ0) is 17.3.